The molecular formula is C63H103N13O22. The minimum absolute atomic E-state index is 0.00374. The Labute approximate surface area is 574 Å². The van der Waals surface area contributed by atoms with Gasteiger partial charge in [0.1, 0.15) is 5.69 Å². The molecule has 552 valence electrons. The van der Waals surface area contributed by atoms with Crippen LogP contribution >= 0.6 is 0 Å². The van der Waals surface area contributed by atoms with Gasteiger partial charge in [0, 0.05) is 79.5 Å². The molecule has 0 saturated carbocycles. The molecule has 0 aliphatic carbocycles. The zero-order valence-corrected chi connectivity index (χ0v) is 56.5. The molecule has 0 atom stereocenters. The van der Waals surface area contributed by atoms with E-state index in [0.717, 1.165) is 5.56 Å². The van der Waals surface area contributed by atoms with Gasteiger partial charge < -0.3 is 117 Å². The molecule has 0 aliphatic rings. The third-order valence-corrected chi connectivity index (χ3v) is 11.6. The van der Waals surface area contributed by atoms with E-state index < -0.39 is 6.04 Å². The lowest BCUT2D eigenvalue weighted by atomic mass is 10.1. The van der Waals surface area contributed by atoms with Crippen molar-refractivity contribution in [3.63, 3.8) is 0 Å². The fourth-order valence-electron chi connectivity index (χ4n) is 7.09. The van der Waals surface area contributed by atoms with Gasteiger partial charge in [0.2, 0.25) is 17.7 Å². The second-order valence-electron chi connectivity index (χ2n) is 19.4. The molecule has 35 nitrogen and oxygen atoms in total. The van der Waals surface area contributed by atoms with Gasteiger partial charge in [-0.3, -0.25) is 14.4 Å². The monoisotopic (exact) mass is 1390 g/mol. The van der Waals surface area contributed by atoms with Gasteiger partial charge in [-0.15, -0.1) is 5.10 Å². The highest BCUT2D eigenvalue weighted by Gasteiger charge is 2.20. The van der Waals surface area contributed by atoms with Crippen LogP contribution in [-0.4, -0.2) is 309 Å². The van der Waals surface area contributed by atoms with Crippen LogP contribution in [0.4, 0.5) is 5.69 Å². The lowest BCUT2D eigenvalue weighted by Gasteiger charge is -2.18. The summed E-state index contributed by atoms with van der Waals surface area (Å²) < 4.78 is 105. The van der Waals surface area contributed by atoms with Crippen molar-refractivity contribution in [3.8, 4) is 35.9 Å². The molecule has 0 fully saturated rings. The van der Waals surface area contributed by atoms with E-state index in [9.17, 15) is 14.4 Å². The van der Waals surface area contributed by atoms with E-state index in [4.69, 9.17) is 118 Å². The van der Waals surface area contributed by atoms with Gasteiger partial charge in [0.05, 0.1) is 263 Å². The van der Waals surface area contributed by atoms with E-state index >= 15 is 0 Å². The Morgan fingerprint density at radius 3 is 1.12 bits per heavy atom. The summed E-state index contributed by atoms with van der Waals surface area (Å²) in [4.78, 5) is 41.4. The summed E-state index contributed by atoms with van der Waals surface area (Å²) in [5.74, 6) is 6.00. The minimum atomic E-state index is -0.788. The number of carbonyl (C=O) groups is 3. The first-order valence-corrected chi connectivity index (χ1v) is 32.4. The number of nitriles is 2. The molecule has 1 aromatic carbocycles. The number of amides is 3. The molecule has 1 aromatic heterocycles. The number of hydrogen-bond acceptors (Lipinski definition) is 29. The number of nitrogens with one attached hydrogen (secondary N) is 3. The molecule has 98 heavy (non-hydrogen) atoms. The van der Waals surface area contributed by atoms with Crippen LogP contribution in [-0.2, 0) is 111 Å². The van der Waals surface area contributed by atoms with Crippen molar-refractivity contribution < 1.29 is 104 Å². The summed E-state index contributed by atoms with van der Waals surface area (Å²) >= 11 is 0. The largest absolute Gasteiger partial charge is 0.379 e. The van der Waals surface area contributed by atoms with Crippen LogP contribution in [0.3, 0.4) is 0 Å². The second-order valence-corrected chi connectivity index (χ2v) is 19.4. The number of hydrogen-bond donors (Lipinski definition) is 5. The molecule has 7 N–H and O–H groups in total. The first-order chi connectivity index (χ1) is 48.3. The summed E-state index contributed by atoms with van der Waals surface area (Å²) in [6, 6.07) is 11.8. The van der Waals surface area contributed by atoms with Crippen molar-refractivity contribution in [1.29, 1.82) is 10.5 Å². The van der Waals surface area contributed by atoms with Gasteiger partial charge in [-0.2, -0.15) is 15.2 Å². The predicted molar refractivity (Wildman–Crippen MR) is 351 cm³/mol. The molecule has 0 unspecified atom stereocenters. The standard InChI is InChI=1S/C54H99N9O22.C9H4N4/c55-3-1-8-63-48-51(61-62-63)49-85-45-44-84-43-42-83-29-24-72-19-14-67-9-2-52(64)60-50(46-53(65)58-6-12-70-17-22-75-27-32-79-36-40-81-38-34-77-30-25-73-20-15-68-10-4-56)47-54(66)59-7-13-71-18-23-76-28-33-80-37-41-82-39-35-78-31-26-74-21-16-69-11-5-57;10-7-1-2-8-3-5-9(6-4-8)12-13-11/h48,50H,2,4-7,9-47,49,56-57H2,(H,58,65)(H,59,66)(H,60,64);3-6H. The van der Waals surface area contributed by atoms with Crippen LogP contribution in [0.25, 0.3) is 10.4 Å². The fourth-order valence-corrected chi connectivity index (χ4v) is 7.09. The highest BCUT2D eigenvalue weighted by molar-refractivity contribution is 5.83. The third kappa shape index (κ3) is 64.0. The van der Waals surface area contributed by atoms with Gasteiger partial charge in [0.25, 0.3) is 0 Å². The number of nitrogens with two attached hydrogens (primary N) is 2. The van der Waals surface area contributed by atoms with E-state index in [0.29, 0.717) is 242 Å². The number of benzene rings is 1. The Balaban J connectivity index is 0.00000328. The Hall–Kier alpha value is -6.66. The number of azide groups is 1. The molecule has 0 bridgehead atoms. The Bertz CT molecular complexity index is 2410. The minimum Gasteiger partial charge on any atom is -0.379 e. The van der Waals surface area contributed by atoms with Crippen LogP contribution in [0.5, 0.6) is 0 Å². The number of carbonyl (C=O) groups excluding carboxylic acids is 3. The van der Waals surface area contributed by atoms with Gasteiger partial charge in [-0.05, 0) is 17.7 Å². The van der Waals surface area contributed by atoms with Gasteiger partial charge in [-0.1, -0.05) is 28.4 Å². The number of ether oxygens (including phenoxy) is 19. The average molecular weight is 1390 g/mol. The Morgan fingerprint density at radius 2 is 0.786 bits per heavy atom. The highest BCUT2D eigenvalue weighted by Crippen LogP contribution is 2.12. The normalized spacial score (nSPS) is 10.7. The van der Waals surface area contributed by atoms with E-state index in [1.807, 2.05) is 0 Å². The zero-order chi connectivity index (χ0) is 70.6. The molecule has 2 rings (SSSR count). The van der Waals surface area contributed by atoms with Crippen molar-refractivity contribution in [2.75, 3.05) is 271 Å². The predicted octanol–water partition coefficient (Wildman–Crippen LogP) is -0.266. The lowest BCUT2D eigenvalue weighted by molar-refractivity contribution is -0.126. The molecule has 0 aliphatic heterocycles. The zero-order valence-electron chi connectivity index (χ0n) is 56.5. The smallest absolute Gasteiger partial charge is 0.222 e. The number of rotatable bonds is 69. The maximum absolute atomic E-state index is 12.9. The van der Waals surface area contributed by atoms with Crippen molar-refractivity contribution in [3.05, 3.63) is 52.2 Å². The molecule has 35 heteroatoms. The van der Waals surface area contributed by atoms with Crippen LogP contribution in [0, 0.1) is 46.5 Å². The summed E-state index contributed by atoms with van der Waals surface area (Å²) in [5.41, 5.74) is 20.7. The van der Waals surface area contributed by atoms with Crippen LogP contribution in [0.15, 0.2) is 35.6 Å². The Morgan fingerprint density at radius 1 is 0.459 bits per heavy atom. The maximum atomic E-state index is 12.9. The first kappa shape index (κ1) is 89.4. The molecule has 0 radical (unpaired) electrons. The first-order valence-electron chi connectivity index (χ1n) is 32.4. The SMILES string of the molecule is N#CC#Cc1ccc(N=[N+]=[N-])cc1.N#CC#Cn1cc(COCCOCCOCCOCCOCCC(=O)NC(CC(=O)NCCOCCOCCOCCOCCOCCOCCOCCN)CC(=O)NCCOCCOCCOCCOCCOCCOCCOCCN)nn1. The highest BCUT2D eigenvalue weighted by atomic mass is 16.6. The third-order valence-electron chi connectivity index (χ3n) is 11.6. The van der Waals surface area contributed by atoms with Crippen LogP contribution < -0.4 is 27.4 Å². The number of nitrogens with zero attached hydrogens (tertiary/aromatic N) is 8. The molecule has 2 aromatic rings. The van der Waals surface area contributed by atoms with Gasteiger partial charge >= 0.3 is 0 Å². The summed E-state index contributed by atoms with van der Waals surface area (Å²) in [6.07, 6.45) is 1.30. The second kappa shape index (κ2) is 73.1. The fraction of sp³-hybridized carbons (Fsp3) is 0.730. The average Bonchev–Trinajstić information content (AvgIpc) is 2.49. The van der Waals surface area contributed by atoms with Crippen molar-refractivity contribution in [2.24, 2.45) is 16.6 Å². The van der Waals surface area contributed by atoms with E-state index in [1.54, 1.807) is 42.6 Å². The molecule has 3 amide bonds. The van der Waals surface area contributed by atoms with Crippen molar-refractivity contribution in [1.82, 2.24) is 30.9 Å². The molecule has 1 heterocycles. The van der Waals surface area contributed by atoms with Crippen molar-refractivity contribution in [2.45, 2.75) is 31.9 Å². The van der Waals surface area contributed by atoms with E-state index in [2.05, 4.69) is 60.1 Å². The maximum Gasteiger partial charge on any atom is 0.222 e. The molecular weight excluding hydrogens is 1290 g/mol. The van der Waals surface area contributed by atoms with E-state index in [1.165, 1.54) is 4.68 Å². The quantitative estimate of drug-likeness (QED) is 0.0187. The van der Waals surface area contributed by atoms with Gasteiger partial charge in [0.15, 0.2) is 12.1 Å². The van der Waals surface area contributed by atoms with Crippen LogP contribution in [0.2, 0.25) is 0 Å². The topological polar surface area (TPSA) is 442 Å². The molecule has 0 spiro atoms. The van der Waals surface area contributed by atoms with Crippen molar-refractivity contribution >= 4 is 23.4 Å². The molecule has 0 saturated heterocycles. The van der Waals surface area contributed by atoms with Crippen LogP contribution in [0.1, 0.15) is 30.5 Å². The lowest BCUT2D eigenvalue weighted by Crippen LogP contribution is -2.43. The van der Waals surface area contributed by atoms with E-state index in [-0.39, 0.29) is 83.1 Å². The summed E-state index contributed by atoms with van der Waals surface area (Å²) in [5, 5.41) is 36.1. The van der Waals surface area contributed by atoms with Gasteiger partial charge in [-0.25, -0.2) is 0 Å². The Kier molecular flexibility index (Phi) is 66.6. The summed E-state index contributed by atoms with van der Waals surface area (Å²) in [7, 11) is 0. The summed E-state index contributed by atoms with van der Waals surface area (Å²) in [6.45, 7) is 16.4. The number of aromatic nitrogens is 3.